The molecule has 4 rings (SSSR count). The normalized spacial score (nSPS) is 11.6. The first-order valence-corrected chi connectivity index (χ1v) is 10.8. The first-order valence-electron chi connectivity index (χ1n) is 10.4. The molecular formula is C22H16ClF3N8O3. The van der Waals surface area contributed by atoms with Crippen molar-refractivity contribution in [2.24, 2.45) is 7.05 Å². The topological polar surface area (TPSA) is 137 Å². The second kappa shape index (κ2) is 10.6. The van der Waals surface area contributed by atoms with E-state index in [2.05, 4.69) is 35.9 Å². The average Bonchev–Trinajstić information content (AvgIpc) is 3.20. The van der Waals surface area contributed by atoms with Crippen molar-refractivity contribution in [1.29, 1.82) is 0 Å². The van der Waals surface area contributed by atoms with Crippen LogP contribution in [0.15, 0.2) is 42.7 Å². The Morgan fingerprint density at radius 3 is 2.54 bits per heavy atom. The summed E-state index contributed by atoms with van der Waals surface area (Å²) in [6.07, 6.45) is -0.164. The second-order valence-electron chi connectivity index (χ2n) is 7.47. The number of aryl methyl sites for hydroxylation is 1. The zero-order valence-corrected chi connectivity index (χ0v) is 19.8. The van der Waals surface area contributed by atoms with E-state index in [0.29, 0.717) is 6.20 Å². The Kier molecular flexibility index (Phi) is 7.29. The Balaban J connectivity index is 1.46. The molecule has 4 aromatic rings. The molecule has 2 amide bonds. The van der Waals surface area contributed by atoms with Gasteiger partial charge in [-0.1, -0.05) is 16.8 Å². The van der Waals surface area contributed by atoms with E-state index >= 15 is 0 Å². The number of anilines is 2. The fourth-order valence-electron chi connectivity index (χ4n) is 3.13. The van der Waals surface area contributed by atoms with E-state index < -0.39 is 35.8 Å². The number of halogens is 4. The molecule has 0 unspecified atom stereocenters. The van der Waals surface area contributed by atoms with Gasteiger partial charge in [-0.15, -0.1) is 5.10 Å². The lowest BCUT2D eigenvalue weighted by atomic mass is 10.2. The molecule has 0 aliphatic rings. The predicted octanol–water partition coefficient (Wildman–Crippen LogP) is 4.30. The molecular weight excluding hydrogens is 517 g/mol. The van der Waals surface area contributed by atoms with Crippen molar-refractivity contribution >= 4 is 35.1 Å². The van der Waals surface area contributed by atoms with Gasteiger partial charge in [0.2, 0.25) is 11.9 Å². The van der Waals surface area contributed by atoms with Crippen molar-refractivity contribution in [3.8, 4) is 11.4 Å². The summed E-state index contributed by atoms with van der Waals surface area (Å²) in [5, 5.41) is 12.6. The molecule has 4 heterocycles. The summed E-state index contributed by atoms with van der Waals surface area (Å²) in [5.74, 6) is -3.46. The number of carbonyl (C=O) groups is 2. The molecule has 4 aromatic heterocycles. The van der Waals surface area contributed by atoms with E-state index in [4.69, 9.17) is 16.3 Å². The van der Waals surface area contributed by atoms with Crippen LogP contribution in [0.2, 0.25) is 5.15 Å². The average molecular weight is 533 g/mol. The van der Waals surface area contributed by atoms with Crippen molar-refractivity contribution in [1.82, 2.24) is 29.9 Å². The molecule has 0 aromatic carbocycles. The molecule has 0 aliphatic heterocycles. The fraction of sp³-hybridized carbons (Fsp3) is 0.136. The maximum absolute atomic E-state index is 13.9. The molecule has 0 fully saturated rings. The van der Waals surface area contributed by atoms with Crippen LogP contribution in [0.4, 0.5) is 29.5 Å². The van der Waals surface area contributed by atoms with Crippen LogP contribution in [0.5, 0.6) is 0 Å². The third-order valence-corrected chi connectivity index (χ3v) is 5.14. The van der Waals surface area contributed by atoms with Gasteiger partial charge >= 0.3 is 6.09 Å². The van der Waals surface area contributed by atoms with Crippen LogP contribution in [0.25, 0.3) is 11.4 Å². The highest BCUT2D eigenvalue weighted by Crippen LogP contribution is 2.26. The molecule has 0 spiro atoms. The number of carbonyl (C=O) groups excluding carboxylic acids is 2. The molecule has 190 valence electrons. The van der Waals surface area contributed by atoms with E-state index in [0.717, 1.165) is 6.07 Å². The molecule has 0 bridgehead atoms. The number of amides is 2. The summed E-state index contributed by atoms with van der Waals surface area (Å²) >= 11 is 5.60. The number of ether oxygens (including phenoxy) is 1. The molecule has 11 nitrogen and oxygen atoms in total. The SMILES string of the molecule is C[C@@H](OC(=O)Nc1c(-c2ccc(NC(=O)c3ccc(Cl)nc3F)cn2)nnn1C)c1cc(F)cnc1F. The van der Waals surface area contributed by atoms with Crippen molar-refractivity contribution in [3.63, 3.8) is 0 Å². The highest BCUT2D eigenvalue weighted by molar-refractivity contribution is 6.29. The minimum Gasteiger partial charge on any atom is -0.441 e. The van der Waals surface area contributed by atoms with Crippen LogP contribution < -0.4 is 10.6 Å². The lowest BCUT2D eigenvalue weighted by molar-refractivity contribution is 0.102. The standard InChI is InChI=1S/C22H16ClF3N8O3/c1-10(14-7-11(24)8-28-18(14)25)37-22(36)31-20-17(32-33-34(20)2)15-5-3-12(9-27-15)29-21(35)13-4-6-16(23)30-19(13)26/h3-10H,1-2H3,(H,29,35)(H,31,36)/t10-/m1/s1. The van der Waals surface area contributed by atoms with Crippen molar-refractivity contribution in [3.05, 3.63) is 76.7 Å². The van der Waals surface area contributed by atoms with Crippen molar-refractivity contribution < 1.29 is 27.5 Å². The van der Waals surface area contributed by atoms with Gasteiger partial charge in [-0.2, -0.15) is 8.78 Å². The quantitative estimate of drug-likeness (QED) is 0.351. The number of rotatable bonds is 6. The summed E-state index contributed by atoms with van der Waals surface area (Å²) in [6, 6.07) is 6.29. The lowest BCUT2D eigenvalue weighted by Gasteiger charge is -2.15. The zero-order valence-electron chi connectivity index (χ0n) is 19.0. The van der Waals surface area contributed by atoms with Crippen molar-refractivity contribution in [2.75, 3.05) is 10.6 Å². The van der Waals surface area contributed by atoms with Gasteiger partial charge in [0.25, 0.3) is 5.91 Å². The number of hydrogen-bond donors (Lipinski definition) is 2. The molecule has 15 heteroatoms. The van der Waals surface area contributed by atoms with E-state index in [1.807, 2.05) is 0 Å². The highest BCUT2D eigenvalue weighted by Gasteiger charge is 2.22. The molecule has 1 atom stereocenters. The monoisotopic (exact) mass is 532 g/mol. The molecule has 37 heavy (non-hydrogen) atoms. The largest absolute Gasteiger partial charge is 0.441 e. The van der Waals surface area contributed by atoms with Gasteiger partial charge in [0, 0.05) is 7.05 Å². The Morgan fingerprint density at radius 2 is 1.84 bits per heavy atom. The number of nitrogens with zero attached hydrogens (tertiary/aromatic N) is 6. The van der Waals surface area contributed by atoms with Gasteiger partial charge < -0.3 is 10.1 Å². The molecule has 2 N–H and O–H groups in total. The third-order valence-electron chi connectivity index (χ3n) is 4.93. The summed E-state index contributed by atoms with van der Waals surface area (Å²) < 4.78 is 47.5. The first-order chi connectivity index (χ1) is 17.6. The Bertz CT molecular complexity index is 1480. The molecule has 0 radical (unpaired) electrons. The molecule has 0 saturated carbocycles. The Hall–Kier alpha value is -4.59. The van der Waals surface area contributed by atoms with Gasteiger partial charge in [-0.25, -0.2) is 23.8 Å². The summed E-state index contributed by atoms with van der Waals surface area (Å²) in [6.45, 7) is 1.35. The van der Waals surface area contributed by atoms with Crippen LogP contribution in [0.1, 0.15) is 28.9 Å². The van der Waals surface area contributed by atoms with Gasteiger partial charge in [0.15, 0.2) is 11.5 Å². The van der Waals surface area contributed by atoms with Crippen LogP contribution in [0.3, 0.4) is 0 Å². The van der Waals surface area contributed by atoms with E-state index in [-0.39, 0.29) is 39.2 Å². The van der Waals surface area contributed by atoms with Gasteiger partial charge in [0.05, 0.1) is 34.9 Å². The Labute approximate surface area is 211 Å². The summed E-state index contributed by atoms with van der Waals surface area (Å²) in [5.41, 5.74) is 0.0914. The lowest BCUT2D eigenvalue weighted by Crippen LogP contribution is -2.19. The van der Waals surface area contributed by atoms with Crippen LogP contribution in [0, 0.1) is 17.7 Å². The second-order valence-corrected chi connectivity index (χ2v) is 7.86. The molecule has 0 saturated heterocycles. The van der Waals surface area contributed by atoms with Gasteiger partial charge in [-0.05, 0) is 37.3 Å². The zero-order chi connectivity index (χ0) is 26.7. The minimum absolute atomic E-state index is 0.0913. The highest BCUT2D eigenvalue weighted by atomic mass is 35.5. The number of aromatic nitrogens is 6. The maximum atomic E-state index is 13.9. The van der Waals surface area contributed by atoms with Crippen LogP contribution >= 0.6 is 11.6 Å². The Morgan fingerprint density at radius 1 is 1.05 bits per heavy atom. The van der Waals surface area contributed by atoms with E-state index in [9.17, 15) is 22.8 Å². The van der Waals surface area contributed by atoms with Crippen molar-refractivity contribution in [2.45, 2.75) is 13.0 Å². The van der Waals surface area contributed by atoms with Crippen LogP contribution in [-0.2, 0) is 11.8 Å². The van der Waals surface area contributed by atoms with E-state index in [1.165, 1.54) is 49.1 Å². The molecule has 0 aliphatic carbocycles. The smallest absolute Gasteiger partial charge is 0.413 e. The number of pyridine rings is 3. The third kappa shape index (κ3) is 5.81. The number of nitrogens with one attached hydrogen (secondary N) is 2. The minimum atomic E-state index is -1.16. The van der Waals surface area contributed by atoms with Gasteiger partial charge in [-0.3, -0.25) is 15.1 Å². The van der Waals surface area contributed by atoms with Gasteiger partial charge in [0.1, 0.15) is 17.1 Å². The van der Waals surface area contributed by atoms with E-state index in [1.54, 1.807) is 0 Å². The predicted molar refractivity (Wildman–Crippen MR) is 124 cm³/mol. The fourth-order valence-corrected chi connectivity index (χ4v) is 3.27. The number of hydrogen-bond acceptors (Lipinski definition) is 8. The summed E-state index contributed by atoms with van der Waals surface area (Å²) in [4.78, 5) is 35.6. The maximum Gasteiger partial charge on any atom is 0.413 e. The van der Waals surface area contributed by atoms with Crippen LogP contribution in [-0.4, -0.2) is 41.9 Å². The summed E-state index contributed by atoms with van der Waals surface area (Å²) in [7, 11) is 1.50. The first kappa shape index (κ1) is 25.5.